The lowest BCUT2D eigenvalue weighted by molar-refractivity contribution is -0.137. The fourth-order valence-corrected chi connectivity index (χ4v) is 3.06. The van der Waals surface area contributed by atoms with Gasteiger partial charge in [-0.25, -0.2) is 0 Å². The van der Waals surface area contributed by atoms with Gasteiger partial charge in [0.1, 0.15) is 6.04 Å². The minimum Gasteiger partial charge on any atom is -0.354 e. The maximum absolute atomic E-state index is 12.3. The van der Waals surface area contributed by atoms with Crippen molar-refractivity contribution in [3.05, 3.63) is 22.4 Å². The quantitative estimate of drug-likeness (QED) is 0.894. The third-order valence-corrected chi connectivity index (χ3v) is 4.21. The van der Waals surface area contributed by atoms with Gasteiger partial charge in [-0.05, 0) is 30.7 Å². The third-order valence-electron chi connectivity index (χ3n) is 3.33. The van der Waals surface area contributed by atoms with Crippen molar-refractivity contribution in [2.75, 3.05) is 13.1 Å². The molecular weight excluding hydrogens is 260 g/mol. The monoisotopic (exact) mass is 280 g/mol. The van der Waals surface area contributed by atoms with Crippen LogP contribution in [0.1, 0.15) is 31.1 Å². The van der Waals surface area contributed by atoms with Crippen molar-refractivity contribution in [2.45, 2.75) is 38.6 Å². The molecule has 5 heteroatoms. The molecule has 1 aliphatic rings. The molecule has 104 valence electrons. The minimum absolute atomic E-state index is 0.00104. The summed E-state index contributed by atoms with van der Waals surface area (Å²) in [7, 11) is 0. The van der Waals surface area contributed by atoms with E-state index in [1.807, 2.05) is 24.4 Å². The second-order valence-corrected chi connectivity index (χ2v) is 5.82. The molecule has 0 saturated carbocycles. The van der Waals surface area contributed by atoms with Gasteiger partial charge in [-0.1, -0.05) is 13.0 Å². The number of nitrogens with one attached hydrogen (secondary N) is 1. The van der Waals surface area contributed by atoms with E-state index in [0.717, 1.165) is 24.1 Å². The summed E-state index contributed by atoms with van der Waals surface area (Å²) in [5, 5.41) is 4.86. The molecule has 0 aromatic carbocycles. The molecule has 1 N–H and O–H groups in total. The van der Waals surface area contributed by atoms with Gasteiger partial charge >= 0.3 is 0 Å². The van der Waals surface area contributed by atoms with Crippen molar-refractivity contribution in [1.82, 2.24) is 10.2 Å². The average molecular weight is 280 g/mol. The largest absolute Gasteiger partial charge is 0.354 e. The Bertz CT molecular complexity index is 431. The molecule has 1 aliphatic heterocycles. The van der Waals surface area contributed by atoms with E-state index >= 15 is 0 Å². The van der Waals surface area contributed by atoms with E-state index in [0.29, 0.717) is 19.5 Å². The standard InChI is InChI=1S/C14H20N2O2S/c1-2-7-15-14(18)12-6-3-8-16(12)13(17)10-11-5-4-9-19-11/h4-5,9,12H,2-3,6-8,10H2,1H3,(H,15,18). The number of likely N-dealkylation sites (tertiary alicyclic amines) is 1. The van der Waals surface area contributed by atoms with Crippen LogP contribution in [0.15, 0.2) is 17.5 Å². The second-order valence-electron chi connectivity index (χ2n) is 4.79. The Morgan fingerprint density at radius 3 is 3.05 bits per heavy atom. The molecule has 1 saturated heterocycles. The van der Waals surface area contributed by atoms with Crippen LogP contribution >= 0.6 is 11.3 Å². The highest BCUT2D eigenvalue weighted by atomic mass is 32.1. The molecule has 1 atom stereocenters. The first kappa shape index (κ1) is 14.1. The van der Waals surface area contributed by atoms with Crippen molar-refractivity contribution in [1.29, 1.82) is 0 Å². The fraction of sp³-hybridized carbons (Fsp3) is 0.571. The molecule has 2 rings (SSSR count). The maximum atomic E-state index is 12.3. The average Bonchev–Trinajstić information content (AvgIpc) is 3.05. The number of nitrogens with zero attached hydrogens (tertiary/aromatic N) is 1. The first-order valence-corrected chi connectivity index (χ1v) is 7.70. The minimum atomic E-state index is -0.265. The second kappa shape index (κ2) is 6.70. The van der Waals surface area contributed by atoms with Crippen molar-refractivity contribution in [3.8, 4) is 0 Å². The topological polar surface area (TPSA) is 49.4 Å². The lowest BCUT2D eigenvalue weighted by atomic mass is 10.2. The van der Waals surface area contributed by atoms with Crippen LogP contribution in [0.25, 0.3) is 0 Å². The fourth-order valence-electron chi connectivity index (χ4n) is 2.37. The molecule has 1 unspecified atom stereocenters. The van der Waals surface area contributed by atoms with Crippen LogP contribution < -0.4 is 5.32 Å². The highest BCUT2D eigenvalue weighted by Crippen LogP contribution is 2.20. The zero-order valence-corrected chi connectivity index (χ0v) is 12.0. The third kappa shape index (κ3) is 3.56. The number of hydrogen-bond donors (Lipinski definition) is 1. The Kier molecular flexibility index (Phi) is 4.96. The number of thiophene rings is 1. The molecule has 2 amide bonds. The van der Waals surface area contributed by atoms with Crippen molar-refractivity contribution < 1.29 is 9.59 Å². The predicted octanol–water partition coefficient (Wildman–Crippen LogP) is 1.81. The summed E-state index contributed by atoms with van der Waals surface area (Å²) in [6.07, 6.45) is 3.03. The van der Waals surface area contributed by atoms with Crippen LogP contribution in [-0.2, 0) is 16.0 Å². The molecule has 19 heavy (non-hydrogen) atoms. The lowest BCUT2D eigenvalue weighted by Crippen LogP contribution is -2.46. The van der Waals surface area contributed by atoms with Crippen molar-refractivity contribution >= 4 is 23.2 Å². The van der Waals surface area contributed by atoms with Crippen LogP contribution in [0.2, 0.25) is 0 Å². The molecule has 0 bridgehead atoms. The Morgan fingerprint density at radius 2 is 2.37 bits per heavy atom. The Balaban J connectivity index is 1.94. The van der Waals surface area contributed by atoms with E-state index in [1.54, 1.807) is 16.2 Å². The number of amides is 2. The summed E-state index contributed by atoms with van der Waals surface area (Å²) < 4.78 is 0. The summed E-state index contributed by atoms with van der Waals surface area (Å²) in [4.78, 5) is 27.1. The van der Waals surface area contributed by atoms with Gasteiger partial charge in [0.25, 0.3) is 0 Å². The van der Waals surface area contributed by atoms with Crippen LogP contribution in [0.3, 0.4) is 0 Å². The maximum Gasteiger partial charge on any atom is 0.242 e. The zero-order valence-electron chi connectivity index (χ0n) is 11.2. The Labute approximate surface area is 117 Å². The van der Waals surface area contributed by atoms with Gasteiger partial charge in [-0.15, -0.1) is 11.3 Å². The molecule has 1 fully saturated rings. The molecule has 1 aromatic rings. The lowest BCUT2D eigenvalue weighted by Gasteiger charge is -2.23. The van der Waals surface area contributed by atoms with Gasteiger partial charge in [0.15, 0.2) is 0 Å². The number of rotatable bonds is 5. The summed E-state index contributed by atoms with van der Waals surface area (Å²) >= 11 is 1.59. The summed E-state index contributed by atoms with van der Waals surface area (Å²) in [6, 6.07) is 3.65. The van der Waals surface area contributed by atoms with Gasteiger partial charge in [-0.3, -0.25) is 9.59 Å². The van der Waals surface area contributed by atoms with Crippen LogP contribution in [0, 0.1) is 0 Å². The molecular formula is C14H20N2O2S. The number of carbonyl (C=O) groups excluding carboxylic acids is 2. The van der Waals surface area contributed by atoms with E-state index in [2.05, 4.69) is 5.32 Å². The van der Waals surface area contributed by atoms with Gasteiger partial charge in [0.2, 0.25) is 11.8 Å². The molecule has 1 aromatic heterocycles. The first-order valence-electron chi connectivity index (χ1n) is 6.82. The molecule has 0 spiro atoms. The summed E-state index contributed by atoms with van der Waals surface area (Å²) in [6.45, 7) is 3.41. The number of hydrogen-bond acceptors (Lipinski definition) is 3. The highest BCUT2D eigenvalue weighted by Gasteiger charge is 2.33. The Hall–Kier alpha value is -1.36. The normalized spacial score (nSPS) is 18.6. The molecule has 2 heterocycles. The van der Waals surface area contributed by atoms with E-state index in [9.17, 15) is 9.59 Å². The van der Waals surface area contributed by atoms with Gasteiger partial charge in [0, 0.05) is 18.0 Å². The van der Waals surface area contributed by atoms with E-state index in [4.69, 9.17) is 0 Å². The van der Waals surface area contributed by atoms with Crippen molar-refractivity contribution in [3.63, 3.8) is 0 Å². The smallest absolute Gasteiger partial charge is 0.242 e. The zero-order chi connectivity index (χ0) is 13.7. The van der Waals surface area contributed by atoms with Crippen LogP contribution in [-0.4, -0.2) is 35.8 Å². The van der Waals surface area contributed by atoms with E-state index in [1.165, 1.54) is 0 Å². The first-order chi connectivity index (χ1) is 9.22. The molecule has 0 aliphatic carbocycles. The highest BCUT2D eigenvalue weighted by molar-refractivity contribution is 7.10. The van der Waals surface area contributed by atoms with Crippen LogP contribution in [0.4, 0.5) is 0 Å². The SMILES string of the molecule is CCCNC(=O)C1CCCN1C(=O)Cc1cccs1. The summed E-state index contributed by atoms with van der Waals surface area (Å²) in [5.41, 5.74) is 0. The van der Waals surface area contributed by atoms with Gasteiger partial charge in [-0.2, -0.15) is 0 Å². The van der Waals surface area contributed by atoms with Crippen molar-refractivity contribution in [2.24, 2.45) is 0 Å². The summed E-state index contributed by atoms with van der Waals surface area (Å²) in [5.74, 6) is 0.0653. The molecule has 4 nitrogen and oxygen atoms in total. The predicted molar refractivity (Wildman–Crippen MR) is 76.1 cm³/mol. The van der Waals surface area contributed by atoms with E-state index in [-0.39, 0.29) is 17.9 Å². The Morgan fingerprint density at radius 1 is 1.53 bits per heavy atom. The number of carbonyl (C=O) groups is 2. The van der Waals surface area contributed by atoms with Gasteiger partial charge in [0.05, 0.1) is 6.42 Å². The molecule has 0 radical (unpaired) electrons. The van der Waals surface area contributed by atoms with E-state index < -0.39 is 0 Å². The van der Waals surface area contributed by atoms with Gasteiger partial charge < -0.3 is 10.2 Å². The van der Waals surface area contributed by atoms with Crippen LogP contribution in [0.5, 0.6) is 0 Å².